The highest BCUT2D eigenvalue weighted by Crippen LogP contribution is 2.27. The van der Waals surface area contributed by atoms with Crippen LogP contribution in [0.2, 0.25) is 0 Å². The molecule has 0 spiro atoms. The van der Waals surface area contributed by atoms with Gasteiger partial charge in [-0.25, -0.2) is 4.39 Å². The molecule has 6 heteroatoms. The van der Waals surface area contributed by atoms with Gasteiger partial charge in [-0.1, -0.05) is 0 Å². The van der Waals surface area contributed by atoms with Crippen LogP contribution in [-0.4, -0.2) is 48.2 Å². The number of pyridine rings is 1. The van der Waals surface area contributed by atoms with Gasteiger partial charge in [0.05, 0.1) is 6.54 Å². The van der Waals surface area contributed by atoms with Crippen molar-refractivity contribution in [1.29, 1.82) is 0 Å². The number of hydrogen-bond acceptors (Lipinski definition) is 4. The summed E-state index contributed by atoms with van der Waals surface area (Å²) in [4.78, 5) is 18.2. The number of methoxy groups -OCH3 is 1. The summed E-state index contributed by atoms with van der Waals surface area (Å²) in [6, 6.07) is 9.25. The molecule has 5 nitrogen and oxygen atoms in total. The van der Waals surface area contributed by atoms with Crippen molar-refractivity contribution in [3.8, 4) is 5.75 Å². The minimum Gasteiger partial charge on any atom is -0.491 e. The maximum atomic E-state index is 12.9. The van der Waals surface area contributed by atoms with Gasteiger partial charge in [0.15, 0.2) is 0 Å². The fraction of sp³-hybridized carbons (Fsp3) is 0.333. The van der Waals surface area contributed by atoms with Crippen LogP contribution in [0, 0.1) is 5.82 Å². The summed E-state index contributed by atoms with van der Waals surface area (Å²) in [5, 5.41) is 0. The quantitative estimate of drug-likeness (QED) is 0.845. The molecule has 1 aromatic heterocycles. The molecule has 0 unspecified atom stereocenters. The Balaban J connectivity index is 1.64. The summed E-state index contributed by atoms with van der Waals surface area (Å²) < 4.78 is 24.3. The van der Waals surface area contributed by atoms with E-state index in [0.29, 0.717) is 37.4 Å². The smallest absolute Gasteiger partial charge is 0.254 e. The van der Waals surface area contributed by atoms with E-state index < -0.39 is 5.60 Å². The lowest BCUT2D eigenvalue weighted by Gasteiger charge is -2.28. The van der Waals surface area contributed by atoms with Gasteiger partial charge >= 0.3 is 0 Å². The van der Waals surface area contributed by atoms with Crippen LogP contribution in [0.3, 0.4) is 0 Å². The maximum absolute atomic E-state index is 12.9. The molecule has 1 aliphatic heterocycles. The van der Waals surface area contributed by atoms with E-state index >= 15 is 0 Å². The average molecular weight is 330 g/mol. The lowest BCUT2D eigenvalue weighted by Crippen LogP contribution is -2.42. The van der Waals surface area contributed by atoms with E-state index in [-0.39, 0.29) is 11.7 Å². The van der Waals surface area contributed by atoms with Crippen molar-refractivity contribution >= 4 is 5.91 Å². The number of aromatic nitrogens is 1. The van der Waals surface area contributed by atoms with Crippen LogP contribution in [0.1, 0.15) is 16.8 Å². The van der Waals surface area contributed by atoms with Crippen molar-refractivity contribution in [2.24, 2.45) is 0 Å². The number of carbonyl (C=O) groups is 1. The molecule has 0 aliphatic carbocycles. The highest BCUT2D eigenvalue weighted by molar-refractivity contribution is 5.94. The lowest BCUT2D eigenvalue weighted by atomic mass is 10.0. The van der Waals surface area contributed by atoms with Gasteiger partial charge in [-0.15, -0.1) is 0 Å². The third kappa shape index (κ3) is 3.54. The third-order valence-corrected chi connectivity index (χ3v) is 4.28. The number of rotatable bonds is 5. The molecule has 126 valence electrons. The van der Waals surface area contributed by atoms with Gasteiger partial charge in [-0.2, -0.15) is 0 Å². The molecule has 0 N–H and O–H groups in total. The molecule has 2 heterocycles. The molecule has 24 heavy (non-hydrogen) atoms. The first kappa shape index (κ1) is 16.4. The van der Waals surface area contributed by atoms with Crippen LogP contribution in [-0.2, 0) is 4.74 Å². The van der Waals surface area contributed by atoms with Gasteiger partial charge in [0.2, 0.25) is 0 Å². The molecule has 1 aliphatic rings. The molecule has 0 saturated carbocycles. The van der Waals surface area contributed by atoms with Crippen molar-refractivity contribution in [1.82, 2.24) is 9.88 Å². The molecule has 1 aromatic carbocycles. The molecular weight excluding hydrogens is 311 g/mol. The second-order valence-electron chi connectivity index (χ2n) is 5.84. The Morgan fingerprint density at radius 3 is 2.62 bits per heavy atom. The first-order valence-electron chi connectivity index (χ1n) is 7.75. The number of ether oxygens (including phenoxy) is 2. The third-order valence-electron chi connectivity index (χ3n) is 4.28. The van der Waals surface area contributed by atoms with E-state index in [1.165, 1.54) is 12.1 Å². The van der Waals surface area contributed by atoms with Gasteiger partial charge in [-0.3, -0.25) is 9.78 Å². The van der Waals surface area contributed by atoms with Crippen LogP contribution >= 0.6 is 0 Å². The van der Waals surface area contributed by atoms with Gasteiger partial charge in [0, 0.05) is 31.6 Å². The number of hydrogen-bond donors (Lipinski definition) is 0. The SMILES string of the molecule is CO[C@@]1(COc2ccc(F)cc2)CCN(C(=O)c2ccncc2)C1. The van der Waals surface area contributed by atoms with E-state index in [0.717, 1.165) is 0 Å². The fourth-order valence-electron chi connectivity index (χ4n) is 2.78. The van der Waals surface area contributed by atoms with Crippen molar-refractivity contribution < 1.29 is 18.7 Å². The highest BCUT2D eigenvalue weighted by Gasteiger charge is 2.41. The summed E-state index contributed by atoms with van der Waals surface area (Å²) in [5.74, 6) is 0.226. The Labute approximate surface area is 140 Å². The predicted octanol–water partition coefficient (Wildman–Crippen LogP) is 2.53. The molecule has 1 amide bonds. The topological polar surface area (TPSA) is 51.7 Å². The summed E-state index contributed by atoms with van der Waals surface area (Å²) in [6.07, 6.45) is 3.89. The van der Waals surface area contributed by atoms with Crippen LogP contribution in [0.25, 0.3) is 0 Å². The normalized spacial score (nSPS) is 20.2. The van der Waals surface area contributed by atoms with E-state index in [1.54, 1.807) is 48.7 Å². The summed E-state index contributed by atoms with van der Waals surface area (Å²) >= 11 is 0. The van der Waals surface area contributed by atoms with Crippen molar-refractivity contribution in [3.05, 3.63) is 60.2 Å². The van der Waals surface area contributed by atoms with E-state index in [1.807, 2.05) is 0 Å². The van der Waals surface area contributed by atoms with E-state index in [9.17, 15) is 9.18 Å². The van der Waals surface area contributed by atoms with Gasteiger partial charge in [0.1, 0.15) is 23.8 Å². The Bertz CT molecular complexity index is 693. The van der Waals surface area contributed by atoms with Crippen LogP contribution in [0.4, 0.5) is 4.39 Å². The summed E-state index contributed by atoms with van der Waals surface area (Å²) in [7, 11) is 1.62. The minimum atomic E-state index is -0.558. The fourth-order valence-corrected chi connectivity index (χ4v) is 2.78. The molecular formula is C18H19FN2O3. The molecule has 0 bridgehead atoms. The monoisotopic (exact) mass is 330 g/mol. The zero-order chi connectivity index (χ0) is 17.0. The zero-order valence-corrected chi connectivity index (χ0v) is 13.4. The molecule has 0 radical (unpaired) electrons. The molecule has 1 atom stereocenters. The molecule has 1 fully saturated rings. The number of halogens is 1. The Morgan fingerprint density at radius 2 is 1.96 bits per heavy atom. The van der Waals surface area contributed by atoms with Crippen LogP contribution in [0.15, 0.2) is 48.8 Å². The largest absolute Gasteiger partial charge is 0.491 e. The Morgan fingerprint density at radius 1 is 1.25 bits per heavy atom. The molecule has 1 saturated heterocycles. The van der Waals surface area contributed by atoms with Gasteiger partial charge in [0.25, 0.3) is 5.91 Å². The standard InChI is InChI=1S/C18H19FN2O3/c1-23-18(13-24-16-4-2-15(19)3-5-16)8-11-21(12-18)17(22)14-6-9-20-10-7-14/h2-7,9-10H,8,11-13H2,1H3/t18-/m0/s1. The number of benzene rings is 1. The van der Waals surface area contributed by atoms with Gasteiger partial charge < -0.3 is 14.4 Å². The second-order valence-corrected chi connectivity index (χ2v) is 5.84. The first-order chi connectivity index (χ1) is 11.6. The molecule has 2 aromatic rings. The number of nitrogens with zero attached hydrogens (tertiary/aromatic N) is 2. The number of amides is 1. The predicted molar refractivity (Wildman–Crippen MR) is 86.4 cm³/mol. The molecule has 3 rings (SSSR count). The summed E-state index contributed by atoms with van der Waals surface area (Å²) in [5.41, 5.74) is 0.0493. The van der Waals surface area contributed by atoms with Crippen molar-refractivity contribution in [2.45, 2.75) is 12.0 Å². The maximum Gasteiger partial charge on any atom is 0.254 e. The second kappa shape index (κ2) is 6.97. The van der Waals surface area contributed by atoms with Crippen molar-refractivity contribution in [2.75, 3.05) is 26.8 Å². The average Bonchev–Trinajstić information content (AvgIpc) is 3.06. The highest BCUT2D eigenvalue weighted by atomic mass is 19.1. The number of likely N-dealkylation sites (tertiary alicyclic amines) is 1. The van der Waals surface area contributed by atoms with Crippen molar-refractivity contribution in [3.63, 3.8) is 0 Å². The van der Waals surface area contributed by atoms with Gasteiger partial charge in [-0.05, 0) is 42.8 Å². The number of carbonyl (C=O) groups excluding carboxylic acids is 1. The first-order valence-corrected chi connectivity index (χ1v) is 7.75. The van der Waals surface area contributed by atoms with Crippen LogP contribution in [0.5, 0.6) is 5.75 Å². The Kier molecular flexibility index (Phi) is 4.76. The van der Waals surface area contributed by atoms with Crippen LogP contribution < -0.4 is 4.74 Å². The van der Waals surface area contributed by atoms with E-state index in [2.05, 4.69) is 4.98 Å². The lowest BCUT2D eigenvalue weighted by molar-refractivity contribution is -0.0342. The minimum absolute atomic E-state index is 0.0434. The summed E-state index contributed by atoms with van der Waals surface area (Å²) in [6.45, 7) is 1.35. The Hall–Kier alpha value is -2.47. The van der Waals surface area contributed by atoms with E-state index in [4.69, 9.17) is 9.47 Å². The zero-order valence-electron chi connectivity index (χ0n) is 13.4.